The minimum atomic E-state index is -0.0642. The van der Waals surface area contributed by atoms with Gasteiger partial charge in [-0.25, -0.2) is 9.36 Å². The number of nitrogens with zero attached hydrogens (tertiary/aromatic N) is 2. The first-order chi connectivity index (χ1) is 8.83. The third-order valence-electron chi connectivity index (χ3n) is 2.95. The minimum absolute atomic E-state index is 0.0642. The minimum Gasteiger partial charge on any atom is -0.345 e. The van der Waals surface area contributed by atoms with Gasteiger partial charge < -0.3 is 5.32 Å². The zero-order valence-corrected chi connectivity index (χ0v) is 11.4. The molecule has 0 aliphatic heterocycles. The first kappa shape index (κ1) is 11.8. The molecule has 2 aromatic heterocycles. The molecule has 0 atom stereocenters. The van der Waals surface area contributed by atoms with Crippen LogP contribution in [0.5, 0.6) is 0 Å². The number of thiazole rings is 1. The first-order valence-corrected chi connectivity index (χ1v) is 7.58. The molecule has 0 saturated heterocycles. The number of hydrogen-bond acceptors (Lipinski definition) is 5. The summed E-state index contributed by atoms with van der Waals surface area (Å²) in [4.78, 5) is 18.4. The number of fused-ring (bicyclic) bond motifs is 1. The highest BCUT2D eigenvalue weighted by Crippen LogP contribution is 2.26. The van der Waals surface area contributed by atoms with E-state index in [0.29, 0.717) is 11.4 Å². The van der Waals surface area contributed by atoms with Crippen LogP contribution in [0.3, 0.4) is 0 Å². The van der Waals surface area contributed by atoms with Crippen LogP contribution in [0.2, 0.25) is 0 Å². The van der Waals surface area contributed by atoms with Crippen LogP contribution in [0.25, 0.3) is 0 Å². The maximum atomic E-state index is 11.8. The molecule has 6 heteroatoms. The monoisotopic (exact) mass is 279 g/mol. The van der Waals surface area contributed by atoms with Gasteiger partial charge in [0.2, 0.25) is 0 Å². The van der Waals surface area contributed by atoms with Gasteiger partial charge in [0.15, 0.2) is 0 Å². The standard InChI is InChI=1S/C12H13N3OS2/c16-12(10-5-6-14-18-10)13-7-11-15-8-3-1-2-4-9(8)17-11/h5-6H,1-4,7H2,(H,13,16). The molecule has 94 valence electrons. The second-order valence-electron chi connectivity index (χ2n) is 4.24. The van der Waals surface area contributed by atoms with Crippen molar-refractivity contribution in [1.29, 1.82) is 0 Å². The molecule has 0 unspecified atom stereocenters. The lowest BCUT2D eigenvalue weighted by Crippen LogP contribution is -2.21. The van der Waals surface area contributed by atoms with Crippen LogP contribution in [-0.2, 0) is 19.4 Å². The van der Waals surface area contributed by atoms with Gasteiger partial charge >= 0.3 is 0 Å². The summed E-state index contributed by atoms with van der Waals surface area (Å²) < 4.78 is 3.92. The van der Waals surface area contributed by atoms with E-state index in [9.17, 15) is 4.79 Å². The maximum absolute atomic E-state index is 11.8. The summed E-state index contributed by atoms with van der Waals surface area (Å²) in [6, 6.07) is 1.73. The van der Waals surface area contributed by atoms with Crippen molar-refractivity contribution in [2.24, 2.45) is 0 Å². The van der Waals surface area contributed by atoms with E-state index in [2.05, 4.69) is 14.7 Å². The maximum Gasteiger partial charge on any atom is 0.263 e. The van der Waals surface area contributed by atoms with Crippen LogP contribution in [0.1, 0.15) is 38.1 Å². The molecule has 0 radical (unpaired) electrons. The molecule has 1 N–H and O–H groups in total. The van der Waals surface area contributed by atoms with Gasteiger partial charge in [-0.3, -0.25) is 4.79 Å². The van der Waals surface area contributed by atoms with Crippen molar-refractivity contribution in [3.63, 3.8) is 0 Å². The summed E-state index contributed by atoms with van der Waals surface area (Å²) in [7, 11) is 0. The van der Waals surface area contributed by atoms with Crippen molar-refractivity contribution in [2.45, 2.75) is 32.2 Å². The number of carbonyl (C=O) groups is 1. The molecular formula is C12H13N3OS2. The molecule has 0 spiro atoms. The molecule has 0 fully saturated rings. The molecule has 0 aromatic carbocycles. The Hall–Kier alpha value is -1.27. The second-order valence-corrected chi connectivity index (χ2v) is 6.25. The molecule has 2 heterocycles. The number of carbonyl (C=O) groups excluding carboxylic acids is 1. The Morgan fingerprint density at radius 1 is 1.39 bits per heavy atom. The average molecular weight is 279 g/mol. The van der Waals surface area contributed by atoms with E-state index >= 15 is 0 Å². The predicted octanol–water partition coefficient (Wildman–Crippen LogP) is 2.41. The summed E-state index contributed by atoms with van der Waals surface area (Å²) in [5, 5.41) is 3.90. The van der Waals surface area contributed by atoms with Gasteiger partial charge in [0.1, 0.15) is 9.88 Å². The van der Waals surface area contributed by atoms with E-state index in [1.807, 2.05) is 0 Å². The van der Waals surface area contributed by atoms with Gasteiger partial charge in [0.05, 0.1) is 12.2 Å². The Morgan fingerprint density at radius 3 is 3.06 bits per heavy atom. The lowest BCUT2D eigenvalue weighted by molar-refractivity contribution is 0.0955. The lowest BCUT2D eigenvalue weighted by Gasteiger charge is -2.06. The topological polar surface area (TPSA) is 54.9 Å². The van der Waals surface area contributed by atoms with Gasteiger partial charge in [-0.1, -0.05) is 0 Å². The largest absolute Gasteiger partial charge is 0.345 e. The highest BCUT2D eigenvalue weighted by molar-refractivity contribution is 7.11. The molecule has 0 bridgehead atoms. The van der Waals surface area contributed by atoms with E-state index in [1.165, 1.54) is 34.9 Å². The normalized spacial score (nSPS) is 14.2. The van der Waals surface area contributed by atoms with Crippen LogP contribution in [0.4, 0.5) is 0 Å². The molecule has 18 heavy (non-hydrogen) atoms. The van der Waals surface area contributed by atoms with Gasteiger partial charge in [-0.05, 0) is 43.3 Å². The van der Waals surface area contributed by atoms with Crippen LogP contribution in [0, 0.1) is 0 Å². The number of nitrogens with one attached hydrogen (secondary N) is 1. The van der Waals surface area contributed by atoms with Crippen LogP contribution >= 0.6 is 22.9 Å². The van der Waals surface area contributed by atoms with Gasteiger partial charge in [-0.2, -0.15) is 0 Å². The molecule has 1 amide bonds. The number of aromatic nitrogens is 2. The van der Waals surface area contributed by atoms with Gasteiger partial charge in [0, 0.05) is 11.1 Å². The Morgan fingerprint density at radius 2 is 2.28 bits per heavy atom. The zero-order valence-electron chi connectivity index (χ0n) is 9.81. The van der Waals surface area contributed by atoms with Crippen molar-refractivity contribution in [2.75, 3.05) is 0 Å². The Labute approximate surface area is 113 Å². The molecule has 1 aliphatic rings. The quantitative estimate of drug-likeness (QED) is 0.938. The van der Waals surface area contributed by atoms with Crippen LogP contribution in [-0.4, -0.2) is 15.3 Å². The third-order valence-corrected chi connectivity index (χ3v) is 4.85. The Balaban J connectivity index is 1.63. The van der Waals surface area contributed by atoms with E-state index in [-0.39, 0.29) is 5.91 Å². The highest BCUT2D eigenvalue weighted by Gasteiger charge is 2.15. The fourth-order valence-electron chi connectivity index (χ4n) is 2.06. The fourth-order valence-corrected chi connectivity index (χ4v) is 3.67. The van der Waals surface area contributed by atoms with Crippen molar-refractivity contribution in [3.8, 4) is 0 Å². The SMILES string of the molecule is O=C(NCc1nc2c(s1)CCCC2)c1ccns1. The van der Waals surface area contributed by atoms with Crippen molar-refractivity contribution < 1.29 is 4.79 Å². The van der Waals surface area contributed by atoms with Crippen LogP contribution < -0.4 is 5.32 Å². The third kappa shape index (κ3) is 2.44. The molecule has 3 rings (SSSR count). The van der Waals surface area contributed by atoms with Crippen molar-refractivity contribution >= 4 is 28.8 Å². The van der Waals surface area contributed by atoms with E-state index in [0.717, 1.165) is 17.8 Å². The fraction of sp³-hybridized carbons (Fsp3) is 0.417. The zero-order chi connectivity index (χ0) is 12.4. The molecular weight excluding hydrogens is 266 g/mol. The smallest absolute Gasteiger partial charge is 0.263 e. The summed E-state index contributed by atoms with van der Waals surface area (Å²) in [5.74, 6) is -0.0642. The number of aryl methyl sites for hydroxylation is 2. The number of hydrogen-bond donors (Lipinski definition) is 1. The molecule has 4 nitrogen and oxygen atoms in total. The van der Waals surface area contributed by atoms with Gasteiger partial charge in [0.25, 0.3) is 5.91 Å². The average Bonchev–Trinajstić information content (AvgIpc) is 3.04. The summed E-state index contributed by atoms with van der Waals surface area (Å²) in [5.41, 5.74) is 1.24. The van der Waals surface area contributed by atoms with E-state index < -0.39 is 0 Å². The predicted molar refractivity (Wildman–Crippen MR) is 72.0 cm³/mol. The van der Waals surface area contributed by atoms with E-state index in [1.54, 1.807) is 23.6 Å². The summed E-state index contributed by atoms with van der Waals surface area (Å²) >= 11 is 2.95. The number of amides is 1. The summed E-state index contributed by atoms with van der Waals surface area (Å²) in [6.45, 7) is 0.522. The van der Waals surface area contributed by atoms with Crippen molar-refractivity contribution in [3.05, 3.63) is 32.7 Å². The highest BCUT2D eigenvalue weighted by atomic mass is 32.1. The van der Waals surface area contributed by atoms with E-state index in [4.69, 9.17) is 0 Å². The molecule has 1 aliphatic carbocycles. The lowest BCUT2D eigenvalue weighted by atomic mass is 10.0. The Kier molecular flexibility index (Phi) is 3.38. The second kappa shape index (κ2) is 5.16. The molecule has 0 saturated carbocycles. The first-order valence-electron chi connectivity index (χ1n) is 5.99. The summed E-state index contributed by atoms with van der Waals surface area (Å²) in [6.07, 6.45) is 6.39. The van der Waals surface area contributed by atoms with Gasteiger partial charge in [-0.15, -0.1) is 11.3 Å². The molecule has 2 aromatic rings. The van der Waals surface area contributed by atoms with Crippen molar-refractivity contribution in [1.82, 2.24) is 14.7 Å². The number of rotatable bonds is 3. The Bertz CT molecular complexity index is 524. The van der Waals surface area contributed by atoms with Crippen LogP contribution in [0.15, 0.2) is 12.3 Å².